The second-order valence-corrected chi connectivity index (χ2v) is 9.99. The number of esters is 2. The number of hydrogen-bond acceptors (Lipinski definition) is 12. The van der Waals surface area contributed by atoms with E-state index in [1.165, 1.54) is 13.8 Å². The highest BCUT2D eigenvalue weighted by atomic mass is 16.6. The Bertz CT molecular complexity index is 782. The van der Waals surface area contributed by atoms with Crippen LogP contribution in [0.15, 0.2) is 0 Å². The third kappa shape index (κ3) is 9.47. The fraction of sp³-hybridized carbons (Fsp3) is 0.826. The van der Waals surface area contributed by atoms with E-state index in [1.54, 1.807) is 0 Å². The van der Waals surface area contributed by atoms with Gasteiger partial charge in [-0.1, -0.05) is 0 Å². The largest absolute Gasteiger partial charge is 0.480 e. The van der Waals surface area contributed by atoms with Crippen LogP contribution in [0.2, 0.25) is 0 Å². The zero-order chi connectivity index (χ0) is 28.9. The molecular formula is C23H46N6O8. The van der Waals surface area contributed by atoms with Crippen LogP contribution in [0.25, 0.3) is 0 Å². The minimum atomic E-state index is -2.32. The Kier molecular flexibility index (Phi) is 14.2. The molecule has 0 aliphatic carbocycles. The lowest BCUT2D eigenvalue weighted by atomic mass is 9.71. The minimum Gasteiger partial charge on any atom is -0.480 e. The number of nitrogens with two attached hydrogens (primary N) is 6. The van der Waals surface area contributed by atoms with Crippen molar-refractivity contribution in [1.82, 2.24) is 0 Å². The standard InChI is InChI=1S/C23H46N6O8/c1-20(2,37-18(34)21(27,16(30)31)9-3-6-12-24)15-36-19(35)23(29,11-5-8-14-26)22(28,17(32)33)10-4-7-13-25/h3-15,24-29H2,1-2H3,(H,30,31)(H,32,33). The van der Waals surface area contributed by atoms with Gasteiger partial charge in [0.2, 0.25) is 5.54 Å². The van der Waals surface area contributed by atoms with E-state index in [1.807, 2.05) is 0 Å². The lowest BCUT2D eigenvalue weighted by Gasteiger charge is -2.41. The van der Waals surface area contributed by atoms with Crippen molar-refractivity contribution in [2.45, 2.75) is 93.9 Å². The van der Waals surface area contributed by atoms with Crippen LogP contribution in [0.1, 0.15) is 71.6 Å². The molecule has 0 aliphatic heterocycles. The summed E-state index contributed by atoms with van der Waals surface area (Å²) in [4.78, 5) is 49.8. The molecule has 0 spiro atoms. The van der Waals surface area contributed by atoms with Gasteiger partial charge in [-0.15, -0.1) is 0 Å². The maximum absolute atomic E-state index is 13.2. The molecular weight excluding hydrogens is 488 g/mol. The van der Waals surface area contributed by atoms with E-state index in [4.69, 9.17) is 43.9 Å². The van der Waals surface area contributed by atoms with Gasteiger partial charge in [-0.3, -0.25) is 4.79 Å². The Morgan fingerprint density at radius 2 is 1.08 bits per heavy atom. The molecule has 14 N–H and O–H groups in total. The van der Waals surface area contributed by atoms with Crippen LogP contribution in [0.4, 0.5) is 0 Å². The van der Waals surface area contributed by atoms with Crippen LogP contribution >= 0.6 is 0 Å². The topological polar surface area (TPSA) is 283 Å². The highest BCUT2D eigenvalue weighted by Crippen LogP contribution is 2.31. The summed E-state index contributed by atoms with van der Waals surface area (Å²) in [5, 5.41) is 19.4. The smallest absolute Gasteiger partial charge is 0.338 e. The maximum atomic E-state index is 13.2. The number of aliphatic carboxylic acids is 2. The number of rotatable bonds is 20. The minimum absolute atomic E-state index is 0.124. The molecule has 0 rings (SSSR count). The second-order valence-electron chi connectivity index (χ2n) is 9.99. The molecule has 3 unspecified atom stereocenters. The first-order valence-corrected chi connectivity index (χ1v) is 12.4. The first kappa shape index (κ1) is 34.6. The number of carbonyl (C=O) groups is 4. The normalized spacial score (nSPS) is 16.6. The van der Waals surface area contributed by atoms with E-state index in [2.05, 4.69) is 0 Å². The maximum Gasteiger partial charge on any atom is 0.338 e. The molecule has 3 atom stereocenters. The van der Waals surface area contributed by atoms with Gasteiger partial charge < -0.3 is 54.1 Å². The van der Waals surface area contributed by atoms with E-state index >= 15 is 0 Å². The summed E-state index contributed by atoms with van der Waals surface area (Å²) in [7, 11) is 0. The predicted molar refractivity (Wildman–Crippen MR) is 136 cm³/mol. The molecule has 37 heavy (non-hydrogen) atoms. The molecule has 216 valence electrons. The predicted octanol–water partition coefficient (Wildman–Crippen LogP) is -1.50. The average Bonchev–Trinajstić information content (AvgIpc) is 2.81. The zero-order valence-electron chi connectivity index (χ0n) is 22.0. The van der Waals surface area contributed by atoms with Crippen LogP contribution in [-0.2, 0) is 28.7 Å². The van der Waals surface area contributed by atoms with Gasteiger partial charge in [-0.05, 0) is 91.3 Å². The molecule has 0 aromatic rings. The number of carboxylic acids is 2. The first-order valence-electron chi connectivity index (χ1n) is 12.4. The molecule has 0 aliphatic rings. The quantitative estimate of drug-likeness (QED) is 0.0501. The van der Waals surface area contributed by atoms with Crippen LogP contribution in [0.5, 0.6) is 0 Å². The fourth-order valence-electron chi connectivity index (χ4n) is 3.71. The molecule has 0 fully saturated rings. The second kappa shape index (κ2) is 15.1. The number of unbranched alkanes of at least 4 members (excludes halogenated alkanes) is 3. The highest BCUT2D eigenvalue weighted by Gasteiger charge is 2.57. The molecule has 0 saturated carbocycles. The van der Waals surface area contributed by atoms with Gasteiger partial charge in [0.1, 0.15) is 23.3 Å². The SMILES string of the molecule is CC(C)(COC(=O)C(N)(CCCCN)C(N)(CCCCN)C(=O)O)OC(=O)C(N)(CCCCN)C(=O)O. The van der Waals surface area contributed by atoms with Crippen LogP contribution < -0.4 is 34.4 Å². The van der Waals surface area contributed by atoms with E-state index in [-0.39, 0.29) is 25.7 Å². The van der Waals surface area contributed by atoms with Crippen LogP contribution in [0.3, 0.4) is 0 Å². The van der Waals surface area contributed by atoms with Crippen LogP contribution in [-0.4, -0.2) is 82.5 Å². The van der Waals surface area contributed by atoms with E-state index in [9.17, 15) is 29.4 Å². The molecule has 0 heterocycles. The number of carbonyl (C=O) groups excluding carboxylic acids is 2. The monoisotopic (exact) mass is 534 g/mol. The van der Waals surface area contributed by atoms with Gasteiger partial charge in [-0.25, -0.2) is 14.4 Å². The van der Waals surface area contributed by atoms with Crippen LogP contribution in [0, 0.1) is 0 Å². The average molecular weight is 535 g/mol. The van der Waals surface area contributed by atoms with E-state index in [0.29, 0.717) is 51.7 Å². The van der Waals surface area contributed by atoms with Crippen molar-refractivity contribution in [3.8, 4) is 0 Å². The number of carboxylic acid groups (broad SMARTS) is 2. The summed E-state index contributed by atoms with van der Waals surface area (Å²) in [6, 6.07) is 0. The van der Waals surface area contributed by atoms with Crippen molar-refractivity contribution in [2.75, 3.05) is 26.2 Å². The molecule has 14 heteroatoms. The molecule has 0 bridgehead atoms. The lowest BCUT2D eigenvalue weighted by Crippen LogP contribution is -2.74. The Balaban J connectivity index is 5.75. The Morgan fingerprint density at radius 3 is 1.49 bits per heavy atom. The van der Waals surface area contributed by atoms with Crippen molar-refractivity contribution in [1.29, 1.82) is 0 Å². The summed E-state index contributed by atoms with van der Waals surface area (Å²) in [5.41, 5.74) is 26.7. The van der Waals surface area contributed by atoms with Crippen molar-refractivity contribution >= 4 is 23.9 Å². The zero-order valence-corrected chi connectivity index (χ0v) is 22.0. The Hall–Kier alpha value is -2.36. The molecule has 0 aromatic heterocycles. The summed E-state index contributed by atoms with van der Waals surface area (Å²) in [6.45, 7) is 3.08. The van der Waals surface area contributed by atoms with Crippen molar-refractivity contribution in [2.24, 2.45) is 34.4 Å². The first-order chi connectivity index (χ1) is 17.1. The fourth-order valence-corrected chi connectivity index (χ4v) is 3.71. The van der Waals surface area contributed by atoms with Gasteiger partial charge in [0, 0.05) is 0 Å². The van der Waals surface area contributed by atoms with Gasteiger partial charge >= 0.3 is 23.9 Å². The van der Waals surface area contributed by atoms with Gasteiger partial charge in [0.15, 0.2) is 0 Å². The summed E-state index contributed by atoms with van der Waals surface area (Å²) in [5.74, 6) is -5.38. The van der Waals surface area contributed by atoms with Crippen molar-refractivity contribution in [3.63, 3.8) is 0 Å². The number of hydrogen-bond donors (Lipinski definition) is 8. The van der Waals surface area contributed by atoms with Crippen molar-refractivity contribution in [3.05, 3.63) is 0 Å². The summed E-state index contributed by atoms with van der Waals surface area (Å²) >= 11 is 0. The van der Waals surface area contributed by atoms with Gasteiger partial charge in [0.25, 0.3) is 0 Å². The molecule has 0 amide bonds. The Morgan fingerprint density at radius 1 is 0.649 bits per heavy atom. The summed E-state index contributed by atoms with van der Waals surface area (Å²) < 4.78 is 10.6. The van der Waals surface area contributed by atoms with Gasteiger partial charge in [-0.2, -0.15) is 0 Å². The third-order valence-electron chi connectivity index (χ3n) is 6.28. The molecule has 0 saturated heterocycles. The van der Waals surface area contributed by atoms with E-state index in [0.717, 1.165) is 0 Å². The molecule has 0 aromatic carbocycles. The molecule has 14 nitrogen and oxygen atoms in total. The van der Waals surface area contributed by atoms with Gasteiger partial charge in [0.05, 0.1) is 0 Å². The van der Waals surface area contributed by atoms with Crippen molar-refractivity contribution < 1.29 is 38.9 Å². The third-order valence-corrected chi connectivity index (χ3v) is 6.28. The highest BCUT2D eigenvalue weighted by molar-refractivity contribution is 6.04. The lowest BCUT2D eigenvalue weighted by molar-refractivity contribution is -0.181. The number of ether oxygens (including phenoxy) is 2. The van der Waals surface area contributed by atoms with E-state index < -0.39 is 52.7 Å². The molecule has 0 radical (unpaired) electrons. The Labute approximate surface area is 217 Å². The summed E-state index contributed by atoms with van der Waals surface area (Å²) in [6.07, 6.45) is 1.82.